The number of hydrazone groups is 1. The predicted molar refractivity (Wildman–Crippen MR) is 73.7 cm³/mol. The van der Waals surface area contributed by atoms with Crippen molar-refractivity contribution in [1.29, 1.82) is 0 Å². The first kappa shape index (κ1) is 13.3. The van der Waals surface area contributed by atoms with Crippen LogP contribution in [0.2, 0.25) is 0 Å². The molecule has 3 amide bonds. The molecule has 1 aromatic carbocycles. The van der Waals surface area contributed by atoms with E-state index in [4.69, 9.17) is 4.74 Å². The van der Waals surface area contributed by atoms with Gasteiger partial charge in [-0.3, -0.25) is 14.4 Å². The maximum Gasteiger partial charge on any atom is 0.266 e. The number of nitrogens with one attached hydrogen (secondary N) is 1. The second-order valence-corrected chi connectivity index (χ2v) is 4.91. The zero-order valence-electron chi connectivity index (χ0n) is 11.3. The summed E-state index contributed by atoms with van der Waals surface area (Å²) < 4.78 is 5.52. The van der Waals surface area contributed by atoms with Crippen molar-refractivity contribution in [3.05, 3.63) is 24.3 Å². The van der Waals surface area contributed by atoms with Crippen molar-refractivity contribution >= 4 is 29.1 Å². The second-order valence-electron chi connectivity index (χ2n) is 4.91. The summed E-state index contributed by atoms with van der Waals surface area (Å²) >= 11 is 0. The Labute approximate surface area is 120 Å². The number of carbonyl (C=O) groups excluding carboxylic acids is 3. The molecule has 0 aliphatic carbocycles. The highest BCUT2D eigenvalue weighted by Gasteiger charge is 2.34. The third-order valence-electron chi connectivity index (χ3n) is 3.22. The molecular weight excluding hydrogens is 274 g/mol. The van der Waals surface area contributed by atoms with Crippen LogP contribution in [-0.4, -0.2) is 34.5 Å². The second kappa shape index (κ2) is 5.01. The summed E-state index contributed by atoms with van der Waals surface area (Å²) in [7, 11) is 0. The number of nitrogens with zero attached hydrogens (tertiary/aromatic N) is 2. The highest BCUT2D eigenvalue weighted by molar-refractivity contribution is 6.11. The van der Waals surface area contributed by atoms with E-state index in [1.54, 1.807) is 31.2 Å². The Morgan fingerprint density at radius 3 is 2.90 bits per heavy atom. The van der Waals surface area contributed by atoms with Crippen molar-refractivity contribution in [2.45, 2.75) is 25.9 Å². The van der Waals surface area contributed by atoms with Gasteiger partial charge in [-0.05, 0) is 19.1 Å². The first-order valence-electron chi connectivity index (χ1n) is 6.51. The zero-order chi connectivity index (χ0) is 15.0. The summed E-state index contributed by atoms with van der Waals surface area (Å²) in [5.74, 6) is -0.831. The molecule has 21 heavy (non-hydrogen) atoms. The lowest BCUT2D eigenvalue weighted by atomic mass is 10.1. The van der Waals surface area contributed by atoms with Gasteiger partial charge >= 0.3 is 0 Å². The number of fused-ring (bicyclic) bond motifs is 1. The van der Waals surface area contributed by atoms with Crippen molar-refractivity contribution in [1.82, 2.24) is 5.01 Å². The van der Waals surface area contributed by atoms with Crippen molar-refractivity contribution < 1.29 is 19.1 Å². The minimum Gasteiger partial charge on any atom is -0.478 e. The molecule has 1 atom stereocenters. The normalized spacial score (nSPS) is 20.5. The van der Waals surface area contributed by atoms with Crippen LogP contribution in [0.25, 0.3) is 0 Å². The van der Waals surface area contributed by atoms with Gasteiger partial charge in [0.25, 0.3) is 17.7 Å². The molecule has 2 aliphatic heterocycles. The van der Waals surface area contributed by atoms with Crippen molar-refractivity contribution in [3.8, 4) is 5.75 Å². The van der Waals surface area contributed by atoms with E-state index in [0.29, 0.717) is 17.1 Å². The number of para-hydroxylation sites is 2. The molecule has 0 bridgehead atoms. The number of imide groups is 1. The topological polar surface area (TPSA) is 88.1 Å². The number of benzene rings is 1. The van der Waals surface area contributed by atoms with Gasteiger partial charge < -0.3 is 10.1 Å². The standard InChI is InChI=1S/C14H13N3O4/c1-8-6-12(18)17(16-8)13(19)7-11-14(20)15-9-4-2-3-5-10(9)21-11/h2-5,11H,6-7H2,1H3,(H,15,20). The summed E-state index contributed by atoms with van der Waals surface area (Å²) in [5, 5.41) is 7.35. The van der Waals surface area contributed by atoms with E-state index in [-0.39, 0.29) is 18.7 Å². The molecule has 7 nitrogen and oxygen atoms in total. The first-order chi connectivity index (χ1) is 10.0. The lowest BCUT2D eigenvalue weighted by molar-refractivity contribution is -0.145. The highest BCUT2D eigenvalue weighted by Crippen LogP contribution is 2.29. The van der Waals surface area contributed by atoms with Crippen LogP contribution in [-0.2, 0) is 14.4 Å². The van der Waals surface area contributed by atoms with Gasteiger partial charge in [0.05, 0.1) is 18.5 Å². The largest absolute Gasteiger partial charge is 0.478 e. The Balaban J connectivity index is 1.73. The molecule has 1 unspecified atom stereocenters. The number of carbonyl (C=O) groups is 3. The maximum atomic E-state index is 12.1. The molecule has 2 heterocycles. The molecule has 7 heteroatoms. The molecule has 0 spiro atoms. The Morgan fingerprint density at radius 1 is 1.43 bits per heavy atom. The summed E-state index contributed by atoms with van der Waals surface area (Å²) in [5.41, 5.74) is 1.14. The molecule has 0 saturated heterocycles. The van der Waals surface area contributed by atoms with Gasteiger partial charge in [-0.25, -0.2) is 0 Å². The van der Waals surface area contributed by atoms with E-state index in [1.807, 2.05) is 0 Å². The number of hydrogen-bond acceptors (Lipinski definition) is 5. The summed E-state index contributed by atoms with van der Waals surface area (Å²) in [6.45, 7) is 1.67. The third kappa shape index (κ3) is 2.49. The lowest BCUT2D eigenvalue weighted by Crippen LogP contribution is -2.41. The van der Waals surface area contributed by atoms with E-state index in [9.17, 15) is 14.4 Å². The zero-order valence-corrected chi connectivity index (χ0v) is 11.3. The quantitative estimate of drug-likeness (QED) is 0.875. The highest BCUT2D eigenvalue weighted by atomic mass is 16.5. The van der Waals surface area contributed by atoms with Crippen LogP contribution in [0.5, 0.6) is 5.75 Å². The van der Waals surface area contributed by atoms with E-state index < -0.39 is 17.9 Å². The molecular formula is C14H13N3O4. The van der Waals surface area contributed by atoms with Crippen molar-refractivity contribution in [2.75, 3.05) is 5.32 Å². The molecule has 0 saturated carbocycles. The van der Waals surface area contributed by atoms with E-state index in [0.717, 1.165) is 5.01 Å². The molecule has 0 fully saturated rings. The molecule has 0 aromatic heterocycles. The molecule has 108 valence electrons. The van der Waals surface area contributed by atoms with Gasteiger partial charge in [-0.2, -0.15) is 10.1 Å². The van der Waals surface area contributed by atoms with Gasteiger partial charge in [0.2, 0.25) is 0 Å². The van der Waals surface area contributed by atoms with Crippen LogP contribution in [0.15, 0.2) is 29.4 Å². The molecule has 3 rings (SSSR count). The first-order valence-corrected chi connectivity index (χ1v) is 6.51. The molecule has 2 aliphatic rings. The fourth-order valence-corrected chi connectivity index (χ4v) is 2.22. The minimum absolute atomic E-state index is 0.131. The lowest BCUT2D eigenvalue weighted by Gasteiger charge is -2.25. The number of hydrogen-bond donors (Lipinski definition) is 1. The average Bonchev–Trinajstić information content (AvgIpc) is 2.78. The summed E-state index contributed by atoms with van der Waals surface area (Å²) in [6.07, 6.45) is -1.06. The van der Waals surface area contributed by atoms with Crippen LogP contribution in [0, 0.1) is 0 Å². The fraction of sp³-hybridized carbons (Fsp3) is 0.286. The Bertz CT molecular complexity index is 668. The number of rotatable bonds is 2. The van der Waals surface area contributed by atoms with E-state index in [2.05, 4.69) is 10.4 Å². The Hall–Kier alpha value is -2.70. The van der Waals surface area contributed by atoms with Gasteiger partial charge in [0.15, 0.2) is 6.10 Å². The number of ether oxygens (including phenoxy) is 1. The molecule has 0 radical (unpaired) electrons. The maximum absolute atomic E-state index is 12.1. The number of anilines is 1. The minimum atomic E-state index is -0.962. The Kier molecular flexibility index (Phi) is 3.17. The Morgan fingerprint density at radius 2 is 2.19 bits per heavy atom. The fourth-order valence-electron chi connectivity index (χ4n) is 2.22. The van der Waals surface area contributed by atoms with Gasteiger partial charge in [0, 0.05) is 5.71 Å². The smallest absolute Gasteiger partial charge is 0.266 e. The van der Waals surface area contributed by atoms with Crippen LogP contribution in [0.1, 0.15) is 19.8 Å². The van der Waals surface area contributed by atoms with Crippen molar-refractivity contribution in [2.24, 2.45) is 5.10 Å². The van der Waals surface area contributed by atoms with Crippen LogP contribution >= 0.6 is 0 Å². The van der Waals surface area contributed by atoms with Crippen LogP contribution in [0.4, 0.5) is 5.69 Å². The van der Waals surface area contributed by atoms with Gasteiger partial charge in [-0.15, -0.1) is 0 Å². The summed E-state index contributed by atoms with van der Waals surface area (Å²) in [4.78, 5) is 35.6. The molecule has 1 aromatic rings. The summed E-state index contributed by atoms with van der Waals surface area (Å²) in [6, 6.07) is 6.96. The predicted octanol–water partition coefficient (Wildman–Crippen LogP) is 0.911. The van der Waals surface area contributed by atoms with E-state index in [1.165, 1.54) is 0 Å². The monoisotopic (exact) mass is 287 g/mol. The van der Waals surface area contributed by atoms with Gasteiger partial charge in [0.1, 0.15) is 5.75 Å². The van der Waals surface area contributed by atoms with Crippen LogP contribution in [0.3, 0.4) is 0 Å². The van der Waals surface area contributed by atoms with Crippen LogP contribution < -0.4 is 10.1 Å². The SMILES string of the molecule is CC1=NN(C(=O)CC2Oc3ccccc3NC2=O)C(=O)C1. The van der Waals surface area contributed by atoms with Crippen molar-refractivity contribution in [3.63, 3.8) is 0 Å². The van der Waals surface area contributed by atoms with Gasteiger partial charge in [-0.1, -0.05) is 12.1 Å². The average molecular weight is 287 g/mol. The molecule has 1 N–H and O–H groups in total. The number of amides is 3. The third-order valence-corrected chi connectivity index (χ3v) is 3.22. The van der Waals surface area contributed by atoms with E-state index >= 15 is 0 Å².